The second-order valence-electron chi connectivity index (χ2n) is 2.53. The van der Waals surface area contributed by atoms with Crippen molar-refractivity contribution in [1.29, 1.82) is 0 Å². The molecule has 4 heteroatoms. The van der Waals surface area contributed by atoms with Gasteiger partial charge < -0.3 is 15.3 Å². The van der Waals surface area contributed by atoms with Crippen LogP contribution in [0.1, 0.15) is 13.8 Å². The fraction of sp³-hybridized carbons (Fsp3) is 1.00. The predicted octanol–water partition coefficient (Wildman–Crippen LogP) is -0.838. The fourth-order valence-electron chi connectivity index (χ4n) is 0.634. The molecular formula is C6H15NO3. The van der Waals surface area contributed by atoms with Crippen LogP contribution in [0.15, 0.2) is 0 Å². The molecule has 4 nitrogen and oxygen atoms in total. The van der Waals surface area contributed by atoms with Gasteiger partial charge in [-0.1, -0.05) is 13.8 Å². The van der Waals surface area contributed by atoms with Crippen molar-refractivity contribution >= 4 is 0 Å². The Balaban J connectivity index is 3.76. The van der Waals surface area contributed by atoms with Crippen LogP contribution in [-0.4, -0.2) is 39.9 Å². The van der Waals surface area contributed by atoms with Crippen LogP contribution in [0.25, 0.3) is 0 Å². The van der Waals surface area contributed by atoms with Crippen LogP contribution in [0.4, 0.5) is 0 Å². The van der Waals surface area contributed by atoms with Gasteiger partial charge in [-0.15, -0.1) is 0 Å². The predicted molar refractivity (Wildman–Crippen MR) is 36.9 cm³/mol. The molecule has 0 spiro atoms. The first-order valence-corrected chi connectivity index (χ1v) is 3.27. The van der Waals surface area contributed by atoms with Crippen molar-refractivity contribution in [3.8, 4) is 0 Å². The second-order valence-corrected chi connectivity index (χ2v) is 2.53. The smallest absolute Gasteiger partial charge is 0.113 e. The van der Waals surface area contributed by atoms with Crippen molar-refractivity contribution in [2.75, 3.05) is 13.5 Å². The highest BCUT2D eigenvalue weighted by Gasteiger charge is 2.16. The number of hydrogen-bond acceptors (Lipinski definition) is 4. The van der Waals surface area contributed by atoms with E-state index in [1.54, 1.807) is 0 Å². The first-order chi connectivity index (χ1) is 4.63. The highest BCUT2D eigenvalue weighted by Crippen LogP contribution is 2.04. The van der Waals surface area contributed by atoms with Crippen LogP contribution in [0.5, 0.6) is 0 Å². The molecule has 0 aliphatic rings. The molecule has 10 heavy (non-hydrogen) atoms. The van der Waals surface area contributed by atoms with Gasteiger partial charge in [0.15, 0.2) is 0 Å². The Morgan fingerprint density at radius 2 is 1.60 bits per heavy atom. The Kier molecular flexibility index (Phi) is 4.55. The zero-order valence-electron chi connectivity index (χ0n) is 6.36. The molecule has 3 N–H and O–H groups in total. The van der Waals surface area contributed by atoms with E-state index < -0.39 is 6.23 Å². The highest BCUT2D eigenvalue weighted by molar-refractivity contribution is 4.57. The van der Waals surface area contributed by atoms with E-state index in [4.69, 9.17) is 10.2 Å². The molecule has 0 saturated heterocycles. The van der Waals surface area contributed by atoms with Crippen molar-refractivity contribution in [3.05, 3.63) is 0 Å². The van der Waals surface area contributed by atoms with Crippen molar-refractivity contribution in [1.82, 2.24) is 4.90 Å². The molecule has 0 aliphatic heterocycles. The van der Waals surface area contributed by atoms with E-state index in [0.29, 0.717) is 0 Å². The van der Waals surface area contributed by atoms with Gasteiger partial charge in [0.1, 0.15) is 6.23 Å². The van der Waals surface area contributed by atoms with Crippen LogP contribution >= 0.6 is 0 Å². The summed E-state index contributed by atoms with van der Waals surface area (Å²) < 4.78 is 0. The summed E-state index contributed by atoms with van der Waals surface area (Å²) in [6.45, 7) is 2.97. The highest BCUT2D eigenvalue weighted by atomic mass is 16.3. The lowest BCUT2D eigenvalue weighted by Crippen LogP contribution is -2.39. The summed E-state index contributed by atoms with van der Waals surface area (Å²) in [5, 5.41) is 26.3. The third-order valence-electron chi connectivity index (χ3n) is 1.33. The normalized spacial score (nSPS) is 14.7. The molecule has 1 atom stereocenters. The van der Waals surface area contributed by atoms with Gasteiger partial charge in [-0.25, -0.2) is 4.90 Å². The number of hydrogen-bond donors (Lipinski definition) is 3. The van der Waals surface area contributed by atoms with Crippen molar-refractivity contribution < 1.29 is 15.3 Å². The number of aliphatic hydroxyl groups excluding tert-OH is 3. The van der Waals surface area contributed by atoms with Gasteiger partial charge in [-0.2, -0.15) is 0 Å². The number of nitrogens with zero attached hydrogens (tertiary/aromatic N) is 1. The summed E-state index contributed by atoms with van der Waals surface area (Å²) in [6, 6.07) is 0. The lowest BCUT2D eigenvalue weighted by molar-refractivity contribution is -0.108. The zero-order chi connectivity index (χ0) is 8.15. The van der Waals surface area contributed by atoms with Crippen LogP contribution in [0.3, 0.4) is 0 Å². The molecule has 0 aromatic carbocycles. The summed E-state index contributed by atoms with van der Waals surface area (Å²) in [6.07, 6.45) is -0.769. The van der Waals surface area contributed by atoms with Gasteiger partial charge in [-0.3, -0.25) is 0 Å². The maximum absolute atomic E-state index is 9.19. The standard InChI is InChI=1S/C6H15NO3/c1-5(2)6(10)7(3-8)4-9/h5-6,8-10H,3-4H2,1-2H3. The van der Waals surface area contributed by atoms with Gasteiger partial charge in [0.05, 0.1) is 13.5 Å². The number of rotatable bonds is 4. The number of aliphatic hydroxyl groups is 3. The van der Waals surface area contributed by atoms with Crippen molar-refractivity contribution in [3.63, 3.8) is 0 Å². The summed E-state index contributed by atoms with van der Waals surface area (Å²) in [7, 11) is 0. The maximum atomic E-state index is 9.19. The van der Waals surface area contributed by atoms with Gasteiger partial charge in [-0.05, 0) is 5.92 Å². The monoisotopic (exact) mass is 149 g/mol. The Labute approximate surface area is 60.7 Å². The molecule has 1 unspecified atom stereocenters. The Bertz CT molecular complexity index is 83.1. The zero-order valence-corrected chi connectivity index (χ0v) is 6.36. The first-order valence-electron chi connectivity index (χ1n) is 3.27. The molecule has 0 amide bonds. The molecule has 62 valence electrons. The molecular weight excluding hydrogens is 134 g/mol. The average Bonchev–Trinajstić information content (AvgIpc) is 1.90. The fourth-order valence-corrected chi connectivity index (χ4v) is 0.634. The van der Waals surface area contributed by atoms with E-state index in [0.717, 1.165) is 4.90 Å². The third-order valence-corrected chi connectivity index (χ3v) is 1.33. The van der Waals surface area contributed by atoms with Gasteiger partial charge in [0.2, 0.25) is 0 Å². The van der Waals surface area contributed by atoms with Gasteiger partial charge >= 0.3 is 0 Å². The van der Waals surface area contributed by atoms with Crippen LogP contribution in [0, 0.1) is 5.92 Å². The summed E-state index contributed by atoms with van der Waals surface area (Å²) in [5.41, 5.74) is 0. The minimum absolute atomic E-state index is 0.0132. The van der Waals surface area contributed by atoms with E-state index in [2.05, 4.69) is 0 Å². The minimum atomic E-state index is -0.769. The molecule has 0 fully saturated rings. The molecule has 0 aromatic heterocycles. The summed E-state index contributed by atoms with van der Waals surface area (Å²) >= 11 is 0. The van der Waals surface area contributed by atoms with Crippen LogP contribution < -0.4 is 0 Å². The van der Waals surface area contributed by atoms with E-state index >= 15 is 0 Å². The van der Waals surface area contributed by atoms with Gasteiger partial charge in [0.25, 0.3) is 0 Å². The van der Waals surface area contributed by atoms with E-state index in [-0.39, 0.29) is 19.4 Å². The van der Waals surface area contributed by atoms with Crippen LogP contribution in [-0.2, 0) is 0 Å². The Hall–Kier alpha value is -0.160. The molecule has 0 heterocycles. The molecule has 0 saturated carbocycles. The Morgan fingerprint density at radius 1 is 1.20 bits per heavy atom. The molecule has 0 aliphatic carbocycles. The second kappa shape index (κ2) is 4.62. The molecule has 0 bridgehead atoms. The van der Waals surface area contributed by atoms with Crippen LogP contribution in [0.2, 0.25) is 0 Å². The SMILES string of the molecule is CC(C)C(O)N(CO)CO. The lowest BCUT2D eigenvalue weighted by atomic mass is 10.2. The van der Waals surface area contributed by atoms with Gasteiger partial charge in [0, 0.05) is 0 Å². The lowest BCUT2D eigenvalue weighted by Gasteiger charge is -2.25. The third kappa shape index (κ3) is 2.62. The maximum Gasteiger partial charge on any atom is 0.113 e. The first kappa shape index (κ1) is 9.84. The molecule has 0 aromatic rings. The quantitative estimate of drug-likeness (QED) is 0.456. The molecule has 0 rings (SSSR count). The topological polar surface area (TPSA) is 63.9 Å². The minimum Gasteiger partial charge on any atom is -0.381 e. The molecule has 0 radical (unpaired) electrons. The summed E-state index contributed by atoms with van der Waals surface area (Å²) in [4.78, 5) is 1.16. The average molecular weight is 149 g/mol. The van der Waals surface area contributed by atoms with Crippen molar-refractivity contribution in [2.24, 2.45) is 5.92 Å². The Morgan fingerprint density at radius 3 is 1.70 bits per heavy atom. The van der Waals surface area contributed by atoms with Crippen molar-refractivity contribution in [2.45, 2.75) is 20.1 Å². The largest absolute Gasteiger partial charge is 0.381 e. The van der Waals surface area contributed by atoms with E-state index in [9.17, 15) is 5.11 Å². The summed E-state index contributed by atoms with van der Waals surface area (Å²) in [5.74, 6) is 0.0132. The van der Waals surface area contributed by atoms with E-state index in [1.165, 1.54) is 0 Å². The van der Waals surface area contributed by atoms with E-state index in [1.807, 2.05) is 13.8 Å².